The maximum absolute atomic E-state index is 11.6. The Morgan fingerprint density at radius 2 is 2.17 bits per heavy atom. The quantitative estimate of drug-likeness (QED) is 0.598. The number of hydrogen-bond donors (Lipinski definition) is 2. The molecule has 0 fully saturated rings. The molecule has 0 aliphatic carbocycles. The van der Waals surface area contributed by atoms with Crippen LogP contribution in [0.15, 0.2) is 12.1 Å². The molecule has 0 saturated heterocycles. The van der Waals surface area contributed by atoms with Gasteiger partial charge in [-0.1, -0.05) is 13.3 Å². The number of rotatable bonds is 6. The van der Waals surface area contributed by atoms with E-state index in [9.17, 15) is 4.79 Å². The van der Waals surface area contributed by atoms with Gasteiger partial charge in [0.1, 0.15) is 0 Å². The van der Waals surface area contributed by atoms with E-state index < -0.39 is 0 Å². The summed E-state index contributed by atoms with van der Waals surface area (Å²) in [6.07, 6.45) is 2.01. The first kappa shape index (κ1) is 14.2. The number of nitrogens with one attached hydrogen (secondary N) is 1. The SMILES string of the molecule is CCCCOc1ccc(C(=O)NC)c(N)c1OC. The van der Waals surface area contributed by atoms with Crippen molar-refractivity contribution in [2.45, 2.75) is 19.8 Å². The average molecular weight is 252 g/mol. The van der Waals surface area contributed by atoms with Gasteiger partial charge in [0.15, 0.2) is 11.5 Å². The molecule has 0 atom stereocenters. The number of anilines is 1. The Morgan fingerprint density at radius 1 is 1.44 bits per heavy atom. The molecular weight excluding hydrogens is 232 g/mol. The number of carbonyl (C=O) groups is 1. The molecule has 5 heteroatoms. The highest BCUT2D eigenvalue weighted by atomic mass is 16.5. The fourth-order valence-electron chi connectivity index (χ4n) is 1.56. The molecule has 0 aromatic heterocycles. The first-order valence-electron chi connectivity index (χ1n) is 5.97. The first-order valence-corrected chi connectivity index (χ1v) is 5.97. The Hall–Kier alpha value is -1.91. The van der Waals surface area contributed by atoms with Crippen molar-refractivity contribution in [1.29, 1.82) is 0 Å². The largest absolute Gasteiger partial charge is 0.491 e. The smallest absolute Gasteiger partial charge is 0.253 e. The molecular formula is C13H20N2O3. The standard InChI is InChI=1S/C13H20N2O3/c1-4-5-8-18-10-7-6-9(13(16)15-2)11(14)12(10)17-3/h6-7H,4-5,8,14H2,1-3H3,(H,15,16). The summed E-state index contributed by atoms with van der Waals surface area (Å²) < 4.78 is 10.8. The molecule has 1 rings (SSSR count). The molecule has 1 amide bonds. The van der Waals surface area contributed by atoms with Crippen molar-refractivity contribution in [3.05, 3.63) is 17.7 Å². The van der Waals surface area contributed by atoms with Crippen LogP contribution < -0.4 is 20.5 Å². The van der Waals surface area contributed by atoms with Crippen LogP contribution in [0.4, 0.5) is 5.69 Å². The first-order chi connectivity index (χ1) is 8.65. The molecule has 1 aromatic carbocycles. The number of methoxy groups -OCH3 is 1. The molecule has 0 spiro atoms. The number of carbonyl (C=O) groups excluding carboxylic acids is 1. The molecule has 100 valence electrons. The number of benzene rings is 1. The van der Waals surface area contributed by atoms with Gasteiger partial charge < -0.3 is 20.5 Å². The van der Waals surface area contributed by atoms with Crippen LogP contribution in [0.1, 0.15) is 30.1 Å². The van der Waals surface area contributed by atoms with Gasteiger partial charge in [0, 0.05) is 7.05 Å². The Bertz CT molecular complexity index is 419. The lowest BCUT2D eigenvalue weighted by atomic mass is 10.1. The minimum atomic E-state index is -0.245. The van der Waals surface area contributed by atoms with E-state index in [2.05, 4.69) is 12.2 Å². The third kappa shape index (κ3) is 3.06. The third-order valence-corrected chi connectivity index (χ3v) is 2.59. The highest BCUT2D eigenvalue weighted by Gasteiger charge is 2.16. The lowest BCUT2D eigenvalue weighted by molar-refractivity contribution is 0.0963. The minimum Gasteiger partial charge on any atom is -0.491 e. The zero-order chi connectivity index (χ0) is 13.5. The number of nitrogen functional groups attached to an aromatic ring is 1. The van der Waals surface area contributed by atoms with Gasteiger partial charge in [-0.3, -0.25) is 4.79 Å². The number of amides is 1. The van der Waals surface area contributed by atoms with Crippen LogP contribution in [0.5, 0.6) is 11.5 Å². The van der Waals surface area contributed by atoms with E-state index in [1.807, 2.05) is 0 Å². The molecule has 0 aliphatic rings. The van der Waals surface area contributed by atoms with Crippen molar-refractivity contribution in [2.75, 3.05) is 26.5 Å². The zero-order valence-corrected chi connectivity index (χ0v) is 11.1. The maximum Gasteiger partial charge on any atom is 0.253 e. The van der Waals surface area contributed by atoms with Gasteiger partial charge in [0.2, 0.25) is 0 Å². The van der Waals surface area contributed by atoms with Gasteiger partial charge >= 0.3 is 0 Å². The molecule has 0 aliphatic heterocycles. The van der Waals surface area contributed by atoms with Gasteiger partial charge in [0.05, 0.1) is 25.0 Å². The molecule has 1 aromatic rings. The van der Waals surface area contributed by atoms with Crippen molar-refractivity contribution < 1.29 is 14.3 Å². The number of hydrogen-bond acceptors (Lipinski definition) is 4. The Morgan fingerprint density at radius 3 is 2.72 bits per heavy atom. The summed E-state index contributed by atoms with van der Waals surface area (Å²) in [5.41, 5.74) is 6.59. The van der Waals surface area contributed by atoms with E-state index >= 15 is 0 Å². The molecule has 18 heavy (non-hydrogen) atoms. The second-order valence-electron chi connectivity index (χ2n) is 3.84. The van der Waals surface area contributed by atoms with Crippen LogP contribution in [0.2, 0.25) is 0 Å². The molecule has 0 unspecified atom stereocenters. The van der Waals surface area contributed by atoms with Gasteiger partial charge in [-0.15, -0.1) is 0 Å². The summed E-state index contributed by atoms with van der Waals surface area (Å²) >= 11 is 0. The fourth-order valence-corrected chi connectivity index (χ4v) is 1.56. The molecule has 0 saturated carbocycles. The molecule has 5 nitrogen and oxygen atoms in total. The van der Waals surface area contributed by atoms with Crippen molar-refractivity contribution in [2.24, 2.45) is 0 Å². The lowest BCUT2D eigenvalue weighted by Crippen LogP contribution is -2.19. The van der Waals surface area contributed by atoms with Crippen LogP contribution in [-0.4, -0.2) is 26.7 Å². The predicted octanol–water partition coefficient (Wildman–Crippen LogP) is 1.82. The van der Waals surface area contributed by atoms with Crippen molar-refractivity contribution in [1.82, 2.24) is 5.32 Å². The predicted molar refractivity (Wildman–Crippen MR) is 71.2 cm³/mol. The van der Waals surface area contributed by atoms with Crippen molar-refractivity contribution in [3.8, 4) is 11.5 Å². The Kier molecular flexibility index (Phi) is 5.30. The fraction of sp³-hybridized carbons (Fsp3) is 0.462. The number of unbranched alkanes of at least 4 members (excludes halogenated alkanes) is 1. The number of ether oxygens (including phenoxy) is 2. The summed E-state index contributed by atoms with van der Waals surface area (Å²) in [5.74, 6) is 0.731. The molecule has 0 radical (unpaired) electrons. The minimum absolute atomic E-state index is 0.245. The second-order valence-corrected chi connectivity index (χ2v) is 3.84. The molecule has 0 bridgehead atoms. The monoisotopic (exact) mass is 252 g/mol. The highest BCUT2D eigenvalue weighted by molar-refractivity contribution is 6.00. The van der Waals surface area contributed by atoms with Crippen molar-refractivity contribution in [3.63, 3.8) is 0 Å². The van der Waals surface area contributed by atoms with Crippen molar-refractivity contribution >= 4 is 11.6 Å². The average Bonchev–Trinajstić information content (AvgIpc) is 2.38. The highest BCUT2D eigenvalue weighted by Crippen LogP contribution is 2.35. The van der Waals surface area contributed by atoms with Crippen LogP contribution in [0, 0.1) is 0 Å². The van der Waals surface area contributed by atoms with E-state index in [0.717, 1.165) is 12.8 Å². The Labute approximate surface area is 107 Å². The van der Waals surface area contributed by atoms with Gasteiger partial charge in [-0.05, 0) is 18.6 Å². The van der Waals surface area contributed by atoms with Gasteiger partial charge in [-0.2, -0.15) is 0 Å². The normalized spacial score (nSPS) is 9.94. The van der Waals surface area contributed by atoms with Crippen LogP contribution in [0.3, 0.4) is 0 Å². The third-order valence-electron chi connectivity index (χ3n) is 2.59. The summed E-state index contributed by atoms with van der Waals surface area (Å²) in [5, 5.41) is 2.53. The molecule has 3 N–H and O–H groups in total. The van der Waals surface area contributed by atoms with E-state index in [4.69, 9.17) is 15.2 Å². The summed E-state index contributed by atoms with van der Waals surface area (Å²) in [6, 6.07) is 3.34. The Balaban J connectivity index is 3.01. The van der Waals surface area contributed by atoms with E-state index in [1.165, 1.54) is 7.11 Å². The van der Waals surface area contributed by atoms with Crippen LogP contribution >= 0.6 is 0 Å². The lowest BCUT2D eigenvalue weighted by Gasteiger charge is -2.14. The van der Waals surface area contributed by atoms with E-state index in [-0.39, 0.29) is 5.91 Å². The van der Waals surface area contributed by atoms with Crippen LogP contribution in [0.25, 0.3) is 0 Å². The summed E-state index contributed by atoms with van der Waals surface area (Å²) in [6.45, 7) is 2.69. The zero-order valence-electron chi connectivity index (χ0n) is 11.1. The second kappa shape index (κ2) is 6.74. The van der Waals surface area contributed by atoms with Gasteiger partial charge in [-0.25, -0.2) is 0 Å². The molecule has 0 heterocycles. The summed E-state index contributed by atoms with van der Waals surface area (Å²) in [4.78, 5) is 11.6. The summed E-state index contributed by atoms with van der Waals surface area (Å²) in [7, 11) is 3.06. The van der Waals surface area contributed by atoms with E-state index in [0.29, 0.717) is 29.4 Å². The van der Waals surface area contributed by atoms with Crippen LogP contribution in [-0.2, 0) is 0 Å². The van der Waals surface area contributed by atoms with Gasteiger partial charge in [0.25, 0.3) is 5.91 Å². The maximum atomic E-state index is 11.6. The topological polar surface area (TPSA) is 73.6 Å². The number of nitrogens with two attached hydrogens (primary N) is 1. The van der Waals surface area contributed by atoms with E-state index in [1.54, 1.807) is 19.2 Å².